The molecule has 0 aliphatic carbocycles. The van der Waals surface area contributed by atoms with Crippen molar-refractivity contribution in [1.82, 2.24) is 5.32 Å². The first kappa shape index (κ1) is 16.3. The van der Waals surface area contributed by atoms with Gasteiger partial charge in [-0.15, -0.1) is 0 Å². The number of halogens is 1. The molecule has 0 fully saturated rings. The van der Waals surface area contributed by atoms with Crippen molar-refractivity contribution in [2.45, 2.75) is 11.8 Å². The van der Waals surface area contributed by atoms with Crippen LogP contribution in [0.15, 0.2) is 53.4 Å². The average Bonchev–Trinajstić information content (AvgIpc) is 2.48. The summed E-state index contributed by atoms with van der Waals surface area (Å²) in [5, 5.41) is 2.81. The third kappa shape index (κ3) is 3.78. The van der Waals surface area contributed by atoms with Gasteiger partial charge in [0.15, 0.2) is 0 Å². The topological polar surface area (TPSA) is 75.3 Å². The minimum Gasteiger partial charge on any atom is -0.352 e. The van der Waals surface area contributed by atoms with Crippen LogP contribution in [0.25, 0.3) is 0 Å². The second kappa shape index (κ2) is 6.81. The molecule has 0 aliphatic rings. The van der Waals surface area contributed by atoms with E-state index in [-0.39, 0.29) is 15.8 Å². The van der Waals surface area contributed by atoms with Crippen molar-refractivity contribution in [3.8, 4) is 0 Å². The number of benzene rings is 2. The van der Waals surface area contributed by atoms with Crippen LogP contribution in [0.4, 0.5) is 5.69 Å². The monoisotopic (exact) mass is 338 g/mol. The van der Waals surface area contributed by atoms with Crippen molar-refractivity contribution >= 4 is 33.2 Å². The van der Waals surface area contributed by atoms with Crippen molar-refractivity contribution in [2.24, 2.45) is 0 Å². The van der Waals surface area contributed by atoms with Crippen LogP contribution in [0.2, 0.25) is 5.02 Å². The van der Waals surface area contributed by atoms with Crippen LogP contribution in [0.3, 0.4) is 0 Å². The molecule has 22 heavy (non-hydrogen) atoms. The van der Waals surface area contributed by atoms with E-state index in [1.54, 1.807) is 25.1 Å². The molecule has 0 saturated carbocycles. The zero-order valence-electron chi connectivity index (χ0n) is 11.8. The van der Waals surface area contributed by atoms with Gasteiger partial charge in [-0.05, 0) is 37.3 Å². The molecule has 0 unspecified atom stereocenters. The Morgan fingerprint density at radius 1 is 1.14 bits per heavy atom. The Morgan fingerprint density at radius 2 is 1.82 bits per heavy atom. The predicted octanol–water partition coefficient (Wildman–Crippen LogP) is 2.89. The van der Waals surface area contributed by atoms with Crippen molar-refractivity contribution in [2.75, 3.05) is 11.3 Å². The van der Waals surface area contributed by atoms with Gasteiger partial charge in [0.25, 0.3) is 15.9 Å². The van der Waals surface area contributed by atoms with Crippen LogP contribution in [-0.4, -0.2) is 20.9 Å². The smallest absolute Gasteiger partial charge is 0.261 e. The lowest BCUT2D eigenvalue weighted by atomic mass is 10.2. The van der Waals surface area contributed by atoms with Gasteiger partial charge in [-0.3, -0.25) is 9.52 Å². The van der Waals surface area contributed by atoms with E-state index in [9.17, 15) is 13.2 Å². The molecule has 0 bridgehead atoms. The fourth-order valence-electron chi connectivity index (χ4n) is 1.83. The molecular formula is C15H15ClN2O3S. The number of rotatable bonds is 5. The lowest BCUT2D eigenvalue weighted by molar-refractivity contribution is 0.0956. The molecule has 2 rings (SSSR count). The van der Waals surface area contributed by atoms with Gasteiger partial charge in [0.1, 0.15) is 0 Å². The number of carbonyl (C=O) groups excluding carboxylic acids is 1. The second-order valence-corrected chi connectivity index (χ2v) is 6.56. The lowest BCUT2D eigenvalue weighted by Crippen LogP contribution is -2.23. The van der Waals surface area contributed by atoms with E-state index in [1.165, 1.54) is 30.3 Å². The van der Waals surface area contributed by atoms with E-state index >= 15 is 0 Å². The van der Waals surface area contributed by atoms with E-state index in [0.717, 1.165) is 0 Å². The van der Waals surface area contributed by atoms with Gasteiger partial charge in [0.05, 0.1) is 21.2 Å². The quantitative estimate of drug-likeness (QED) is 0.880. The van der Waals surface area contributed by atoms with Crippen LogP contribution in [0.1, 0.15) is 17.3 Å². The number of hydrogen-bond acceptors (Lipinski definition) is 3. The highest BCUT2D eigenvalue weighted by atomic mass is 35.5. The number of nitrogens with one attached hydrogen (secondary N) is 2. The molecule has 0 saturated heterocycles. The van der Waals surface area contributed by atoms with Gasteiger partial charge in [-0.25, -0.2) is 8.42 Å². The van der Waals surface area contributed by atoms with Crippen molar-refractivity contribution in [3.05, 3.63) is 59.1 Å². The summed E-state index contributed by atoms with van der Waals surface area (Å²) >= 11 is 6.04. The number of amides is 1. The molecular weight excluding hydrogens is 324 g/mol. The van der Waals surface area contributed by atoms with Gasteiger partial charge in [0.2, 0.25) is 0 Å². The Hall–Kier alpha value is -2.05. The van der Waals surface area contributed by atoms with Gasteiger partial charge in [0, 0.05) is 6.54 Å². The normalized spacial score (nSPS) is 11.0. The van der Waals surface area contributed by atoms with Crippen LogP contribution < -0.4 is 10.0 Å². The Labute approximate surface area is 134 Å². The van der Waals surface area contributed by atoms with Crippen LogP contribution in [0, 0.1) is 0 Å². The largest absolute Gasteiger partial charge is 0.352 e. The minimum absolute atomic E-state index is 0.152. The molecule has 0 radical (unpaired) electrons. The second-order valence-electron chi connectivity index (χ2n) is 4.47. The SMILES string of the molecule is CCNC(=O)c1ccc(NS(=O)(=O)c2ccccc2)cc1Cl. The van der Waals surface area contributed by atoms with E-state index in [1.807, 2.05) is 0 Å². The molecule has 116 valence electrons. The highest BCUT2D eigenvalue weighted by molar-refractivity contribution is 7.92. The molecule has 2 aromatic rings. The van der Waals surface area contributed by atoms with Gasteiger partial charge in [-0.1, -0.05) is 29.8 Å². The van der Waals surface area contributed by atoms with Crippen molar-refractivity contribution < 1.29 is 13.2 Å². The molecule has 7 heteroatoms. The summed E-state index contributed by atoms with van der Waals surface area (Å²) in [4.78, 5) is 11.9. The summed E-state index contributed by atoms with van der Waals surface area (Å²) in [6, 6.07) is 12.4. The molecule has 5 nitrogen and oxygen atoms in total. The number of carbonyl (C=O) groups is 1. The molecule has 0 aliphatic heterocycles. The van der Waals surface area contributed by atoms with E-state index in [0.29, 0.717) is 17.8 Å². The maximum absolute atomic E-state index is 12.2. The molecule has 0 spiro atoms. The van der Waals surface area contributed by atoms with Crippen LogP contribution in [0.5, 0.6) is 0 Å². The first-order chi connectivity index (χ1) is 10.4. The number of hydrogen-bond donors (Lipinski definition) is 2. The summed E-state index contributed by atoms with van der Waals surface area (Å²) in [7, 11) is -3.68. The summed E-state index contributed by atoms with van der Waals surface area (Å²) in [5.74, 6) is -0.301. The summed E-state index contributed by atoms with van der Waals surface area (Å²) in [6.45, 7) is 2.28. The van der Waals surface area contributed by atoms with Crippen molar-refractivity contribution in [3.63, 3.8) is 0 Å². The molecule has 0 aromatic heterocycles. The first-order valence-corrected chi connectivity index (χ1v) is 8.46. The van der Waals surface area contributed by atoms with E-state index in [4.69, 9.17) is 11.6 Å². The Morgan fingerprint density at radius 3 is 2.41 bits per heavy atom. The molecule has 2 aromatic carbocycles. The highest BCUT2D eigenvalue weighted by Crippen LogP contribution is 2.23. The maximum Gasteiger partial charge on any atom is 0.261 e. The number of sulfonamides is 1. The van der Waals surface area contributed by atoms with Gasteiger partial charge >= 0.3 is 0 Å². The summed E-state index contributed by atoms with van der Waals surface area (Å²) < 4.78 is 26.8. The third-order valence-corrected chi connectivity index (χ3v) is 4.57. The highest BCUT2D eigenvalue weighted by Gasteiger charge is 2.15. The first-order valence-electron chi connectivity index (χ1n) is 6.59. The van der Waals surface area contributed by atoms with Crippen LogP contribution >= 0.6 is 11.6 Å². The fraction of sp³-hybridized carbons (Fsp3) is 0.133. The zero-order valence-corrected chi connectivity index (χ0v) is 13.4. The van der Waals surface area contributed by atoms with E-state index < -0.39 is 10.0 Å². The van der Waals surface area contributed by atoms with Gasteiger partial charge < -0.3 is 5.32 Å². The van der Waals surface area contributed by atoms with Crippen molar-refractivity contribution in [1.29, 1.82) is 0 Å². The number of anilines is 1. The average molecular weight is 339 g/mol. The molecule has 1 amide bonds. The Bertz CT molecular complexity index is 777. The maximum atomic E-state index is 12.2. The summed E-state index contributed by atoms with van der Waals surface area (Å²) in [5.41, 5.74) is 0.591. The Kier molecular flexibility index (Phi) is 5.05. The summed E-state index contributed by atoms with van der Waals surface area (Å²) in [6.07, 6.45) is 0. The van der Waals surface area contributed by atoms with Crippen LogP contribution in [-0.2, 0) is 10.0 Å². The molecule has 0 atom stereocenters. The fourth-order valence-corrected chi connectivity index (χ4v) is 3.17. The van der Waals surface area contributed by atoms with E-state index in [2.05, 4.69) is 10.0 Å². The Balaban J connectivity index is 2.25. The molecule has 0 heterocycles. The molecule has 2 N–H and O–H groups in total. The van der Waals surface area contributed by atoms with Gasteiger partial charge in [-0.2, -0.15) is 0 Å². The minimum atomic E-state index is -3.68. The standard InChI is InChI=1S/C15H15ClN2O3S/c1-2-17-15(19)13-9-8-11(10-14(13)16)18-22(20,21)12-6-4-3-5-7-12/h3-10,18H,2H2,1H3,(H,17,19). The third-order valence-electron chi connectivity index (χ3n) is 2.86. The lowest BCUT2D eigenvalue weighted by Gasteiger charge is -2.10. The zero-order chi connectivity index (χ0) is 16.2. The predicted molar refractivity (Wildman–Crippen MR) is 86.7 cm³/mol.